The average molecular weight is 520 g/mol. The van der Waals surface area contributed by atoms with Gasteiger partial charge in [0.2, 0.25) is 0 Å². The number of aromatic nitrogens is 1. The fourth-order valence-electron chi connectivity index (χ4n) is 3.41. The number of hydrogen-bond donors (Lipinski definition) is 1. The van der Waals surface area contributed by atoms with E-state index in [1.807, 2.05) is 59.0 Å². The predicted octanol–water partition coefficient (Wildman–Crippen LogP) is 7.96. The summed E-state index contributed by atoms with van der Waals surface area (Å²) in [4.78, 5) is 16.0. The third-order valence-electron chi connectivity index (χ3n) is 5.04. The van der Waals surface area contributed by atoms with Crippen molar-refractivity contribution in [1.82, 2.24) is 10.3 Å². The molecule has 1 aromatic heterocycles. The minimum absolute atomic E-state index is 0.289. The van der Waals surface area contributed by atoms with Crippen molar-refractivity contribution >= 4 is 28.0 Å². The molecule has 1 N–H and O–H groups in total. The first-order valence-electron chi connectivity index (χ1n) is 12.1. The number of esters is 1. The summed E-state index contributed by atoms with van der Waals surface area (Å²) >= 11 is 3.60. The number of carbonyl (C=O) groups is 1. The van der Waals surface area contributed by atoms with E-state index in [1.54, 1.807) is 0 Å². The second-order valence-electron chi connectivity index (χ2n) is 7.35. The third-order valence-corrected chi connectivity index (χ3v) is 5.73. The summed E-state index contributed by atoms with van der Waals surface area (Å²) < 4.78 is 5.85. The molecule has 5 heteroatoms. The van der Waals surface area contributed by atoms with Crippen LogP contribution in [0, 0.1) is 6.92 Å². The molecule has 2 rings (SSSR count). The lowest BCUT2D eigenvalue weighted by molar-refractivity contribution is 0.0600. The third kappa shape index (κ3) is 11.1. The monoisotopic (exact) mass is 518 g/mol. The van der Waals surface area contributed by atoms with Crippen LogP contribution in [0.25, 0.3) is 6.08 Å². The quantitative estimate of drug-likeness (QED) is 0.256. The van der Waals surface area contributed by atoms with Crippen LogP contribution in [-0.4, -0.2) is 31.2 Å². The number of halogens is 1. The number of benzene rings is 1. The van der Waals surface area contributed by atoms with Gasteiger partial charge in [-0.3, -0.25) is 4.98 Å². The molecule has 0 saturated heterocycles. The minimum atomic E-state index is -0.289. The van der Waals surface area contributed by atoms with Crippen molar-refractivity contribution in [3.63, 3.8) is 0 Å². The zero-order valence-electron chi connectivity index (χ0n) is 21.8. The van der Waals surface area contributed by atoms with E-state index in [1.165, 1.54) is 18.2 Å². The lowest BCUT2D eigenvalue weighted by Gasteiger charge is -2.17. The Hall–Kier alpha value is -1.98. The first-order valence-corrected chi connectivity index (χ1v) is 12.9. The van der Waals surface area contributed by atoms with E-state index in [2.05, 4.69) is 58.3 Å². The van der Waals surface area contributed by atoms with E-state index >= 15 is 0 Å². The van der Waals surface area contributed by atoms with Gasteiger partial charge in [0, 0.05) is 28.5 Å². The van der Waals surface area contributed by atoms with Gasteiger partial charge in [-0.1, -0.05) is 80.8 Å². The molecule has 0 saturated carbocycles. The molecule has 1 heterocycles. The Bertz CT molecular complexity index is 812. The summed E-state index contributed by atoms with van der Waals surface area (Å²) in [6.45, 7) is 16.2. The summed E-state index contributed by atoms with van der Waals surface area (Å²) in [6, 6.07) is 9.80. The van der Waals surface area contributed by atoms with E-state index in [4.69, 9.17) is 4.74 Å². The maximum absolute atomic E-state index is 11.6. The fourth-order valence-corrected chi connectivity index (χ4v) is 3.93. The molecule has 1 atom stereocenters. The smallest absolute Gasteiger partial charge is 0.337 e. The Balaban J connectivity index is 0.00000242. The molecule has 0 spiro atoms. The number of ether oxygens (including phenoxy) is 1. The highest BCUT2D eigenvalue weighted by Crippen LogP contribution is 2.25. The fraction of sp³-hybridized carbons (Fsp3) is 0.500. The Morgan fingerprint density at radius 1 is 1.12 bits per heavy atom. The molecular weight excluding hydrogens is 476 g/mol. The van der Waals surface area contributed by atoms with Crippen molar-refractivity contribution < 1.29 is 9.53 Å². The second-order valence-corrected chi connectivity index (χ2v) is 8.20. The summed E-state index contributed by atoms with van der Waals surface area (Å²) in [5, 5.41) is 3.56. The number of rotatable bonds is 10. The van der Waals surface area contributed by atoms with Gasteiger partial charge in [-0.15, -0.1) is 0 Å². The summed E-state index contributed by atoms with van der Waals surface area (Å²) in [5.74, 6) is 0.196. The molecule has 0 radical (unpaired) electrons. The summed E-state index contributed by atoms with van der Waals surface area (Å²) in [7, 11) is 1.41. The van der Waals surface area contributed by atoms with Crippen molar-refractivity contribution in [3.05, 3.63) is 69.0 Å². The molecule has 0 amide bonds. The number of aryl methyl sites for hydroxylation is 1. The molecule has 0 fully saturated rings. The van der Waals surface area contributed by atoms with Gasteiger partial charge in [0.05, 0.1) is 12.7 Å². The van der Waals surface area contributed by atoms with Crippen molar-refractivity contribution in [2.45, 2.75) is 73.6 Å². The molecule has 0 bridgehead atoms. The van der Waals surface area contributed by atoms with Crippen molar-refractivity contribution in [3.8, 4) is 0 Å². The van der Waals surface area contributed by atoms with Crippen LogP contribution in [0.1, 0.15) is 93.9 Å². The SMILES string of the molecule is CC.CC.CCCC(CCNC/C(C)=C/c1c(Br)ccnc1C)c1ccc(C(=O)OC)cc1. The molecular formula is C28H43BrN2O2. The van der Waals surface area contributed by atoms with Gasteiger partial charge in [-0.2, -0.15) is 0 Å². The number of nitrogens with one attached hydrogen (secondary N) is 1. The van der Waals surface area contributed by atoms with Crippen LogP contribution in [0.4, 0.5) is 0 Å². The lowest BCUT2D eigenvalue weighted by Crippen LogP contribution is -2.19. The molecule has 184 valence electrons. The Kier molecular flexibility index (Phi) is 17.3. The minimum Gasteiger partial charge on any atom is -0.465 e. The number of carbonyl (C=O) groups excluding carboxylic acids is 1. The van der Waals surface area contributed by atoms with Crippen molar-refractivity contribution in [2.75, 3.05) is 20.2 Å². The molecule has 0 aliphatic heterocycles. The van der Waals surface area contributed by atoms with Crippen LogP contribution in [0.3, 0.4) is 0 Å². The van der Waals surface area contributed by atoms with Crippen LogP contribution in [0.2, 0.25) is 0 Å². The van der Waals surface area contributed by atoms with Gasteiger partial charge in [0.25, 0.3) is 0 Å². The Morgan fingerprint density at radius 3 is 2.30 bits per heavy atom. The first kappa shape index (κ1) is 31.0. The van der Waals surface area contributed by atoms with Gasteiger partial charge in [0.1, 0.15) is 0 Å². The Labute approximate surface area is 210 Å². The number of methoxy groups -OCH3 is 1. The molecule has 0 aliphatic rings. The first-order chi connectivity index (χ1) is 16.0. The van der Waals surface area contributed by atoms with Crippen LogP contribution in [0.15, 0.2) is 46.6 Å². The molecule has 1 aromatic carbocycles. The number of nitrogens with zero attached hydrogens (tertiary/aromatic N) is 1. The van der Waals surface area contributed by atoms with E-state index in [9.17, 15) is 4.79 Å². The number of pyridine rings is 1. The lowest BCUT2D eigenvalue weighted by atomic mass is 9.91. The van der Waals surface area contributed by atoms with E-state index in [0.29, 0.717) is 11.5 Å². The van der Waals surface area contributed by atoms with E-state index in [0.717, 1.165) is 48.1 Å². The maximum atomic E-state index is 11.6. The van der Waals surface area contributed by atoms with Gasteiger partial charge < -0.3 is 10.1 Å². The normalized spacial score (nSPS) is 11.5. The maximum Gasteiger partial charge on any atom is 0.337 e. The summed E-state index contributed by atoms with van der Waals surface area (Å²) in [6.07, 6.45) is 7.34. The van der Waals surface area contributed by atoms with Crippen LogP contribution >= 0.6 is 15.9 Å². The molecule has 1 unspecified atom stereocenters. The zero-order valence-corrected chi connectivity index (χ0v) is 23.4. The topological polar surface area (TPSA) is 51.2 Å². The van der Waals surface area contributed by atoms with Crippen LogP contribution < -0.4 is 5.32 Å². The molecule has 33 heavy (non-hydrogen) atoms. The van der Waals surface area contributed by atoms with E-state index < -0.39 is 0 Å². The van der Waals surface area contributed by atoms with Gasteiger partial charge in [-0.25, -0.2) is 4.79 Å². The van der Waals surface area contributed by atoms with Crippen LogP contribution in [0.5, 0.6) is 0 Å². The highest BCUT2D eigenvalue weighted by molar-refractivity contribution is 9.10. The molecule has 4 nitrogen and oxygen atoms in total. The predicted molar refractivity (Wildman–Crippen MR) is 146 cm³/mol. The molecule has 0 aliphatic carbocycles. The van der Waals surface area contributed by atoms with E-state index in [-0.39, 0.29) is 5.97 Å². The second kappa shape index (κ2) is 18.4. The largest absolute Gasteiger partial charge is 0.465 e. The Morgan fingerprint density at radius 2 is 1.76 bits per heavy atom. The van der Waals surface area contributed by atoms with Gasteiger partial charge in [-0.05, 0) is 62.9 Å². The summed E-state index contributed by atoms with van der Waals surface area (Å²) in [5.41, 5.74) is 5.32. The zero-order chi connectivity index (χ0) is 25.2. The number of hydrogen-bond acceptors (Lipinski definition) is 4. The van der Waals surface area contributed by atoms with Crippen molar-refractivity contribution in [1.29, 1.82) is 0 Å². The van der Waals surface area contributed by atoms with Crippen molar-refractivity contribution in [2.24, 2.45) is 0 Å². The highest BCUT2D eigenvalue weighted by Gasteiger charge is 2.12. The van der Waals surface area contributed by atoms with Gasteiger partial charge >= 0.3 is 5.97 Å². The van der Waals surface area contributed by atoms with Gasteiger partial charge in [0.15, 0.2) is 0 Å². The molecule has 2 aromatic rings. The average Bonchev–Trinajstić information content (AvgIpc) is 2.85. The standard InChI is InChI=1S/C24H31BrN2O2.2C2H6/c1-5-6-19(20-7-9-21(10-8-20)24(28)29-4)11-13-26-16-17(2)15-22-18(3)27-14-12-23(22)25;2*1-2/h7-10,12,14-15,19,26H,5-6,11,13,16H2,1-4H3;2*1-2H3/b17-15+;;. The van der Waals surface area contributed by atoms with Crippen LogP contribution in [-0.2, 0) is 4.74 Å². The highest BCUT2D eigenvalue weighted by atomic mass is 79.9.